The highest BCUT2D eigenvalue weighted by atomic mass is 16.5. The number of rotatable bonds is 13. The van der Waals surface area contributed by atoms with Gasteiger partial charge in [-0.1, -0.05) is 37.5 Å². The number of para-hydroxylation sites is 1. The van der Waals surface area contributed by atoms with Gasteiger partial charge in [-0.15, -0.1) is 0 Å². The molecule has 1 rings (SSSR count). The Bertz CT molecular complexity index is 546. The minimum absolute atomic E-state index is 0.0304. The lowest BCUT2D eigenvalue weighted by Gasteiger charge is -2.06. The molecule has 2 amide bonds. The van der Waals surface area contributed by atoms with Gasteiger partial charge in [-0.2, -0.15) is 0 Å². The number of esters is 1. The minimum Gasteiger partial charge on any atom is -0.427 e. The fourth-order valence-electron chi connectivity index (χ4n) is 2.45. The fraction of sp³-hybridized carbons (Fsp3) is 0.550. The van der Waals surface area contributed by atoms with Gasteiger partial charge in [0.2, 0.25) is 11.8 Å². The second kappa shape index (κ2) is 13.9. The van der Waals surface area contributed by atoms with Crippen molar-refractivity contribution in [3.05, 3.63) is 30.3 Å². The lowest BCUT2D eigenvalue weighted by atomic mass is 10.1. The molecule has 144 valence electrons. The van der Waals surface area contributed by atoms with Crippen LogP contribution in [0.15, 0.2) is 30.3 Å². The summed E-state index contributed by atoms with van der Waals surface area (Å²) in [5, 5.41) is 5.48. The van der Waals surface area contributed by atoms with Crippen molar-refractivity contribution in [1.29, 1.82) is 0 Å². The Morgan fingerprint density at radius 1 is 0.808 bits per heavy atom. The first-order chi connectivity index (χ1) is 12.6. The van der Waals surface area contributed by atoms with Gasteiger partial charge in [0.25, 0.3) is 0 Å². The van der Waals surface area contributed by atoms with Crippen LogP contribution in [0.5, 0.6) is 5.75 Å². The van der Waals surface area contributed by atoms with E-state index in [-0.39, 0.29) is 24.2 Å². The molecule has 0 bridgehead atoms. The van der Waals surface area contributed by atoms with E-state index in [2.05, 4.69) is 10.6 Å². The van der Waals surface area contributed by atoms with Crippen LogP contribution in [0.4, 0.5) is 0 Å². The third-order valence-electron chi connectivity index (χ3n) is 3.94. The number of nitrogens with one attached hydrogen (secondary N) is 2. The van der Waals surface area contributed by atoms with E-state index < -0.39 is 0 Å². The molecule has 0 aromatic heterocycles. The number of hydrogen-bond acceptors (Lipinski definition) is 4. The van der Waals surface area contributed by atoms with Crippen molar-refractivity contribution >= 4 is 17.8 Å². The summed E-state index contributed by atoms with van der Waals surface area (Å²) in [5.41, 5.74) is 0. The van der Waals surface area contributed by atoms with E-state index in [1.807, 2.05) is 6.07 Å². The van der Waals surface area contributed by atoms with Crippen molar-refractivity contribution in [3.63, 3.8) is 0 Å². The van der Waals surface area contributed by atoms with E-state index in [1.54, 1.807) is 31.3 Å². The molecule has 2 N–H and O–H groups in total. The van der Waals surface area contributed by atoms with Gasteiger partial charge in [-0.05, 0) is 31.4 Å². The van der Waals surface area contributed by atoms with E-state index in [0.29, 0.717) is 31.6 Å². The standard InChI is InChI=1S/C20H30N2O4/c1-21-18(23)13-8-3-2-4-9-16-22-19(24)14-10-15-20(25)26-17-11-6-5-7-12-17/h5-7,11-12H,2-4,8-10,13-16H2,1H3,(H,21,23)(H,22,24). The molecular weight excluding hydrogens is 332 g/mol. The molecule has 0 saturated heterocycles. The summed E-state index contributed by atoms with van der Waals surface area (Å²) in [6, 6.07) is 8.91. The molecule has 0 saturated carbocycles. The van der Waals surface area contributed by atoms with Gasteiger partial charge < -0.3 is 15.4 Å². The summed E-state index contributed by atoms with van der Waals surface area (Å²) < 4.78 is 5.17. The molecule has 0 heterocycles. The smallest absolute Gasteiger partial charge is 0.311 e. The van der Waals surface area contributed by atoms with Crippen LogP contribution in [0, 0.1) is 0 Å². The third-order valence-corrected chi connectivity index (χ3v) is 3.94. The zero-order valence-corrected chi connectivity index (χ0v) is 15.6. The van der Waals surface area contributed by atoms with Gasteiger partial charge in [0.15, 0.2) is 0 Å². The van der Waals surface area contributed by atoms with E-state index in [9.17, 15) is 14.4 Å². The minimum atomic E-state index is -0.319. The summed E-state index contributed by atoms with van der Waals surface area (Å²) in [6.07, 6.45) is 6.61. The van der Waals surface area contributed by atoms with Gasteiger partial charge in [-0.25, -0.2) is 0 Å². The van der Waals surface area contributed by atoms with E-state index in [0.717, 1.165) is 32.1 Å². The van der Waals surface area contributed by atoms with Crippen LogP contribution in [0.3, 0.4) is 0 Å². The van der Waals surface area contributed by atoms with Crippen LogP contribution in [0.1, 0.15) is 57.8 Å². The second-order valence-corrected chi connectivity index (χ2v) is 6.18. The van der Waals surface area contributed by atoms with Crippen molar-refractivity contribution < 1.29 is 19.1 Å². The Kier molecular flexibility index (Phi) is 11.6. The zero-order valence-electron chi connectivity index (χ0n) is 15.6. The molecule has 1 aromatic rings. The first-order valence-electron chi connectivity index (χ1n) is 9.35. The molecule has 0 aliphatic heterocycles. The Morgan fingerprint density at radius 2 is 1.46 bits per heavy atom. The Hall–Kier alpha value is -2.37. The monoisotopic (exact) mass is 362 g/mol. The number of ether oxygens (including phenoxy) is 1. The predicted molar refractivity (Wildman–Crippen MR) is 101 cm³/mol. The maximum absolute atomic E-state index is 11.7. The highest BCUT2D eigenvalue weighted by Crippen LogP contribution is 2.10. The van der Waals surface area contributed by atoms with Crippen LogP contribution >= 0.6 is 0 Å². The number of amides is 2. The molecular formula is C20H30N2O4. The first-order valence-corrected chi connectivity index (χ1v) is 9.35. The van der Waals surface area contributed by atoms with Gasteiger partial charge in [-0.3, -0.25) is 14.4 Å². The Balaban J connectivity index is 1.94. The molecule has 0 fully saturated rings. The molecule has 0 unspecified atom stereocenters. The van der Waals surface area contributed by atoms with E-state index in [1.165, 1.54) is 0 Å². The van der Waals surface area contributed by atoms with Crippen molar-refractivity contribution in [1.82, 2.24) is 10.6 Å². The summed E-state index contributed by atoms with van der Waals surface area (Å²) in [7, 11) is 1.65. The molecule has 6 heteroatoms. The molecule has 0 aliphatic carbocycles. The number of carbonyl (C=O) groups excluding carboxylic acids is 3. The van der Waals surface area contributed by atoms with Crippen LogP contribution in [0.2, 0.25) is 0 Å². The number of unbranched alkanes of at least 4 members (excludes halogenated alkanes) is 4. The lowest BCUT2D eigenvalue weighted by molar-refractivity contribution is -0.134. The topological polar surface area (TPSA) is 84.5 Å². The molecule has 26 heavy (non-hydrogen) atoms. The quantitative estimate of drug-likeness (QED) is 0.321. The number of carbonyl (C=O) groups is 3. The van der Waals surface area contributed by atoms with Crippen molar-refractivity contribution in [2.45, 2.75) is 57.8 Å². The van der Waals surface area contributed by atoms with Crippen LogP contribution in [-0.4, -0.2) is 31.4 Å². The van der Waals surface area contributed by atoms with Gasteiger partial charge >= 0.3 is 5.97 Å². The molecule has 0 radical (unpaired) electrons. The second-order valence-electron chi connectivity index (χ2n) is 6.18. The van der Waals surface area contributed by atoms with Gasteiger partial charge in [0, 0.05) is 32.9 Å². The van der Waals surface area contributed by atoms with E-state index >= 15 is 0 Å². The normalized spacial score (nSPS) is 10.2. The van der Waals surface area contributed by atoms with E-state index in [4.69, 9.17) is 4.74 Å². The largest absolute Gasteiger partial charge is 0.427 e. The summed E-state index contributed by atoms with van der Waals surface area (Å²) in [4.78, 5) is 34.4. The van der Waals surface area contributed by atoms with Crippen molar-refractivity contribution in [2.75, 3.05) is 13.6 Å². The van der Waals surface area contributed by atoms with Crippen molar-refractivity contribution in [2.24, 2.45) is 0 Å². The van der Waals surface area contributed by atoms with Gasteiger partial charge in [0.1, 0.15) is 5.75 Å². The summed E-state index contributed by atoms with van der Waals surface area (Å²) in [5.74, 6) is 0.264. The average Bonchev–Trinajstić information content (AvgIpc) is 2.64. The van der Waals surface area contributed by atoms with Crippen LogP contribution in [0.25, 0.3) is 0 Å². The molecule has 0 atom stereocenters. The third kappa shape index (κ3) is 11.2. The maximum atomic E-state index is 11.7. The number of benzene rings is 1. The highest BCUT2D eigenvalue weighted by molar-refractivity contribution is 5.77. The Labute approximate surface area is 155 Å². The zero-order chi connectivity index (χ0) is 19.0. The fourth-order valence-corrected chi connectivity index (χ4v) is 2.45. The van der Waals surface area contributed by atoms with Gasteiger partial charge in [0.05, 0.1) is 0 Å². The van der Waals surface area contributed by atoms with Crippen molar-refractivity contribution in [3.8, 4) is 5.75 Å². The average molecular weight is 362 g/mol. The lowest BCUT2D eigenvalue weighted by Crippen LogP contribution is -2.24. The van der Waals surface area contributed by atoms with Crippen LogP contribution in [-0.2, 0) is 14.4 Å². The highest BCUT2D eigenvalue weighted by Gasteiger charge is 2.07. The summed E-state index contributed by atoms with van der Waals surface area (Å²) >= 11 is 0. The van der Waals surface area contributed by atoms with Crippen LogP contribution < -0.4 is 15.4 Å². The molecule has 6 nitrogen and oxygen atoms in total. The Morgan fingerprint density at radius 3 is 2.19 bits per heavy atom. The molecule has 0 spiro atoms. The number of hydrogen-bond donors (Lipinski definition) is 2. The molecule has 1 aromatic carbocycles. The maximum Gasteiger partial charge on any atom is 0.311 e. The SMILES string of the molecule is CNC(=O)CCCCCCCNC(=O)CCCC(=O)Oc1ccccc1. The predicted octanol–water partition coefficient (Wildman–Crippen LogP) is 2.97. The summed E-state index contributed by atoms with van der Waals surface area (Å²) in [6.45, 7) is 0.655. The first kappa shape index (κ1) is 21.7. The molecule has 0 aliphatic rings.